The van der Waals surface area contributed by atoms with E-state index in [9.17, 15) is 0 Å². The van der Waals surface area contributed by atoms with Gasteiger partial charge in [0.2, 0.25) is 0 Å². The number of alkyl halides is 1. The molecule has 0 bridgehead atoms. The van der Waals surface area contributed by atoms with Gasteiger partial charge >= 0.3 is 0 Å². The van der Waals surface area contributed by atoms with Gasteiger partial charge in [-0.25, -0.2) is 0 Å². The maximum Gasteiger partial charge on any atom is 0.153 e. The molecule has 0 aliphatic carbocycles. The van der Waals surface area contributed by atoms with E-state index >= 15 is 0 Å². The summed E-state index contributed by atoms with van der Waals surface area (Å²) in [6, 6.07) is 6.09. The van der Waals surface area contributed by atoms with E-state index in [0.29, 0.717) is 0 Å². The summed E-state index contributed by atoms with van der Waals surface area (Å²) in [6.45, 7) is 0. The molecule has 58 valence electrons. The van der Waals surface area contributed by atoms with Crippen LogP contribution in [0.3, 0.4) is 0 Å². The Morgan fingerprint density at radius 2 is 2.36 bits per heavy atom. The zero-order valence-electron chi connectivity index (χ0n) is 5.47. The van der Waals surface area contributed by atoms with Crippen LogP contribution in [0, 0.1) is 0 Å². The van der Waals surface area contributed by atoms with Crippen LogP contribution in [0.1, 0.15) is 0 Å². The molecule has 1 unspecified atom stereocenters. The molecule has 0 amide bonds. The van der Waals surface area contributed by atoms with Crippen molar-refractivity contribution >= 4 is 45.0 Å². The van der Waals surface area contributed by atoms with Crippen molar-refractivity contribution in [2.24, 2.45) is 0 Å². The number of thioether (sulfide) groups is 1. The quantitative estimate of drug-likeness (QED) is 0.559. The third-order valence-corrected chi connectivity index (χ3v) is 3.23. The molecule has 4 heteroatoms. The van der Waals surface area contributed by atoms with Crippen LogP contribution in [-0.2, 0) is 0 Å². The van der Waals surface area contributed by atoms with Gasteiger partial charge in [-0.3, -0.25) is 0 Å². The highest BCUT2D eigenvalue weighted by atomic mass is 79.9. The second-order valence-corrected chi connectivity index (χ2v) is 4.98. The topological polar surface area (TPSA) is 12.0 Å². The van der Waals surface area contributed by atoms with Gasteiger partial charge in [-0.15, -0.1) is 0 Å². The number of halogens is 2. The first-order valence-electron chi connectivity index (χ1n) is 3.12. The average molecular weight is 251 g/mol. The van der Waals surface area contributed by atoms with Gasteiger partial charge in [0, 0.05) is 15.1 Å². The minimum Gasteiger partial charge on any atom is -0.360 e. The Kier molecular flexibility index (Phi) is 2.04. The first-order chi connectivity index (χ1) is 5.25. The van der Waals surface area contributed by atoms with E-state index in [1.807, 2.05) is 12.1 Å². The van der Waals surface area contributed by atoms with Gasteiger partial charge in [-0.05, 0) is 18.2 Å². The molecular formula is C7H5BrClNS. The lowest BCUT2D eigenvalue weighted by Gasteiger charge is -1.97. The second-order valence-electron chi connectivity index (χ2n) is 2.22. The van der Waals surface area contributed by atoms with Crippen LogP contribution in [0.5, 0.6) is 0 Å². The largest absolute Gasteiger partial charge is 0.360 e. The van der Waals surface area contributed by atoms with E-state index < -0.39 is 0 Å². The van der Waals surface area contributed by atoms with Gasteiger partial charge in [-0.1, -0.05) is 39.3 Å². The Morgan fingerprint density at radius 3 is 3.18 bits per heavy atom. The van der Waals surface area contributed by atoms with E-state index in [0.717, 1.165) is 10.2 Å². The first kappa shape index (κ1) is 7.77. The maximum absolute atomic E-state index is 5.87. The summed E-state index contributed by atoms with van der Waals surface area (Å²) in [4.78, 5) is 1.19. The molecule has 1 aliphatic heterocycles. The van der Waals surface area contributed by atoms with Crippen LogP contribution in [0.25, 0.3) is 0 Å². The molecule has 2 rings (SSSR count). The van der Waals surface area contributed by atoms with Crippen LogP contribution >= 0.6 is 39.3 Å². The molecule has 11 heavy (non-hydrogen) atoms. The molecule has 1 N–H and O–H groups in total. The Labute approximate surface area is 82.6 Å². The van der Waals surface area contributed by atoms with Gasteiger partial charge in [0.15, 0.2) is 4.83 Å². The summed E-state index contributed by atoms with van der Waals surface area (Å²) >= 11 is 10.9. The third-order valence-electron chi connectivity index (χ3n) is 1.44. The van der Waals surface area contributed by atoms with Crippen LogP contribution in [0.15, 0.2) is 27.6 Å². The van der Waals surface area contributed by atoms with Crippen molar-refractivity contribution in [2.45, 2.75) is 9.73 Å². The summed E-state index contributed by atoms with van der Waals surface area (Å²) in [6.07, 6.45) is 0. The summed E-state index contributed by atoms with van der Waals surface area (Å²) in [5.41, 5.74) is 1.12. The Morgan fingerprint density at radius 1 is 1.55 bits per heavy atom. The molecule has 0 fully saturated rings. The molecule has 0 aromatic heterocycles. The molecule has 1 aromatic carbocycles. The molecule has 0 saturated heterocycles. The zero-order chi connectivity index (χ0) is 7.84. The van der Waals surface area contributed by atoms with E-state index in [-0.39, 0.29) is 4.83 Å². The maximum atomic E-state index is 5.87. The Bertz CT molecular complexity index is 292. The Balaban J connectivity index is 2.43. The van der Waals surface area contributed by atoms with E-state index in [2.05, 4.69) is 27.3 Å². The summed E-state index contributed by atoms with van der Waals surface area (Å²) < 4.78 is 1.09. The van der Waals surface area contributed by atoms with Gasteiger partial charge in [0.1, 0.15) is 0 Å². The number of rotatable bonds is 0. The van der Waals surface area contributed by atoms with Crippen LogP contribution in [0.2, 0.25) is 0 Å². The molecule has 0 saturated carbocycles. The summed E-state index contributed by atoms with van der Waals surface area (Å²) in [7, 11) is 0. The van der Waals surface area contributed by atoms with Crippen molar-refractivity contribution in [3.05, 3.63) is 22.7 Å². The fourth-order valence-electron chi connectivity index (χ4n) is 0.976. The fourth-order valence-corrected chi connectivity index (χ4v) is 2.75. The highest BCUT2D eigenvalue weighted by Crippen LogP contribution is 2.40. The van der Waals surface area contributed by atoms with Gasteiger partial charge < -0.3 is 5.32 Å². The molecule has 1 atom stereocenters. The SMILES string of the molecule is ClC1Nc2ccc(Br)cc2S1. The Hall–Kier alpha value is 0.140. The van der Waals surface area contributed by atoms with Crippen molar-refractivity contribution in [1.29, 1.82) is 0 Å². The smallest absolute Gasteiger partial charge is 0.153 e. The van der Waals surface area contributed by atoms with E-state index in [4.69, 9.17) is 11.6 Å². The number of anilines is 1. The zero-order valence-corrected chi connectivity index (χ0v) is 8.63. The van der Waals surface area contributed by atoms with Gasteiger partial charge in [-0.2, -0.15) is 0 Å². The van der Waals surface area contributed by atoms with Crippen molar-refractivity contribution in [2.75, 3.05) is 5.32 Å². The monoisotopic (exact) mass is 249 g/mol. The predicted octanol–water partition coefficient (Wildman–Crippen LogP) is 3.49. The van der Waals surface area contributed by atoms with Crippen LogP contribution in [0.4, 0.5) is 5.69 Å². The van der Waals surface area contributed by atoms with Gasteiger partial charge in [0.25, 0.3) is 0 Å². The minimum absolute atomic E-state index is 0.0145. The first-order valence-corrected chi connectivity index (χ1v) is 5.23. The molecule has 0 radical (unpaired) electrons. The van der Waals surface area contributed by atoms with Crippen molar-refractivity contribution < 1.29 is 0 Å². The summed E-state index contributed by atoms with van der Waals surface area (Å²) in [5, 5.41) is 3.13. The van der Waals surface area contributed by atoms with Crippen molar-refractivity contribution in [3.8, 4) is 0 Å². The molecule has 1 aliphatic rings. The number of fused-ring (bicyclic) bond motifs is 1. The highest BCUT2D eigenvalue weighted by Gasteiger charge is 2.18. The lowest BCUT2D eigenvalue weighted by molar-refractivity contribution is 1.37. The van der Waals surface area contributed by atoms with E-state index in [1.165, 1.54) is 4.90 Å². The fraction of sp³-hybridized carbons (Fsp3) is 0.143. The number of nitrogens with one attached hydrogen (secondary N) is 1. The number of hydrogen-bond acceptors (Lipinski definition) is 2. The normalized spacial score (nSPS) is 21.1. The lowest BCUT2D eigenvalue weighted by atomic mass is 10.3. The average Bonchev–Trinajstić information content (AvgIpc) is 2.27. The number of hydrogen-bond donors (Lipinski definition) is 1. The van der Waals surface area contributed by atoms with Crippen LogP contribution in [-0.4, -0.2) is 4.83 Å². The molecule has 1 heterocycles. The van der Waals surface area contributed by atoms with Crippen molar-refractivity contribution in [1.82, 2.24) is 0 Å². The lowest BCUT2D eigenvalue weighted by Crippen LogP contribution is -1.98. The molecule has 1 aromatic rings. The third kappa shape index (κ3) is 1.50. The predicted molar refractivity (Wildman–Crippen MR) is 53.3 cm³/mol. The standard InChI is InChI=1S/C7H5BrClNS/c8-4-1-2-5-6(3-4)11-7(9)10-5/h1-3,7,10H. The van der Waals surface area contributed by atoms with E-state index in [1.54, 1.807) is 11.8 Å². The number of benzene rings is 1. The molecule has 1 nitrogen and oxygen atoms in total. The molecule has 0 spiro atoms. The van der Waals surface area contributed by atoms with Crippen LogP contribution < -0.4 is 5.32 Å². The highest BCUT2D eigenvalue weighted by molar-refractivity contribution is 9.10. The van der Waals surface area contributed by atoms with Gasteiger partial charge in [0.05, 0.1) is 0 Å². The molecular weight excluding hydrogens is 246 g/mol. The van der Waals surface area contributed by atoms with Crippen molar-refractivity contribution in [3.63, 3.8) is 0 Å². The second kappa shape index (κ2) is 2.88. The minimum atomic E-state index is -0.0145. The summed E-state index contributed by atoms with van der Waals surface area (Å²) in [5.74, 6) is 0.